The first kappa shape index (κ1) is 57.2. The van der Waals surface area contributed by atoms with Crippen molar-refractivity contribution in [3.63, 3.8) is 0 Å². The molecular formula is C35H61O33P. The molecule has 6 fully saturated rings. The lowest BCUT2D eigenvalue weighted by atomic mass is 9.95. The molecule has 6 aliphatic heterocycles. The molecule has 6 rings (SSSR count). The summed E-state index contributed by atoms with van der Waals surface area (Å²) in [6.45, 7) is -5.87. The molecule has 0 bridgehead atoms. The van der Waals surface area contributed by atoms with Crippen LogP contribution in [0.4, 0.5) is 0 Å². The van der Waals surface area contributed by atoms with Gasteiger partial charge in [0.1, 0.15) is 140 Å². The van der Waals surface area contributed by atoms with Crippen LogP contribution in [0.15, 0.2) is 0 Å². The van der Waals surface area contributed by atoms with E-state index >= 15 is 0 Å². The van der Waals surface area contributed by atoms with Crippen LogP contribution in [0.25, 0.3) is 0 Å². The molecule has 69 heavy (non-hydrogen) atoms. The molecule has 0 aliphatic carbocycles. The van der Waals surface area contributed by atoms with Gasteiger partial charge in [-0.25, -0.2) is 4.57 Å². The van der Waals surface area contributed by atoms with Gasteiger partial charge < -0.3 is 154 Å². The molecule has 0 aromatic carbocycles. The molecule has 6 aliphatic rings. The maximum Gasteiger partial charge on any atom is 0.469 e. The van der Waals surface area contributed by atoms with Crippen LogP contribution in [0.3, 0.4) is 0 Å². The largest absolute Gasteiger partial charge is 0.469 e. The van der Waals surface area contributed by atoms with Gasteiger partial charge in [0.05, 0.1) is 39.6 Å². The number of hydrogen-bond donors (Lipinski definition) is 20. The number of hydrogen-bond acceptors (Lipinski definition) is 31. The number of phosphoric ester groups is 1. The topological polar surface area (TPSA) is 532 Å². The minimum atomic E-state index is -5.31. The summed E-state index contributed by atoms with van der Waals surface area (Å²) < 4.78 is 76.9. The van der Waals surface area contributed by atoms with Crippen LogP contribution in [0, 0.1) is 0 Å². The lowest BCUT2D eigenvalue weighted by molar-refractivity contribution is -0.400. The Kier molecular flexibility index (Phi) is 20.0. The predicted molar refractivity (Wildman–Crippen MR) is 204 cm³/mol. The fourth-order valence-electron chi connectivity index (χ4n) is 8.36. The van der Waals surface area contributed by atoms with Crippen LogP contribution in [-0.2, 0) is 61.2 Å². The fourth-order valence-corrected chi connectivity index (χ4v) is 8.70. The van der Waals surface area contributed by atoms with E-state index in [0.717, 1.165) is 0 Å². The van der Waals surface area contributed by atoms with E-state index in [0.29, 0.717) is 0 Å². The Hall–Kier alpha value is -1.05. The first-order valence-electron chi connectivity index (χ1n) is 21.3. The van der Waals surface area contributed by atoms with Crippen molar-refractivity contribution in [1.29, 1.82) is 0 Å². The summed E-state index contributed by atoms with van der Waals surface area (Å²) in [5.74, 6) is 0. The summed E-state index contributed by atoms with van der Waals surface area (Å²) in [5, 5.41) is 191. The molecule has 34 heteroatoms. The molecule has 29 atom stereocenters. The van der Waals surface area contributed by atoms with E-state index in [-0.39, 0.29) is 0 Å². The number of aliphatic hydroxyl groups is 18. The third-order valence-electron chi connectivity index (χ3n) is 12.3. The highest BCUT2D eigenvalue weighted by Gasteiger charge is 2.58. The smallest absolute Gasteiger partial charge is 0.394 e. The van der Waals surface area contributed by atoms with Gasteiger partial charge in [-0.15, -0.1) is 0 Å². The van der Waals surface area contributed by atoms with Gasteiger partial charge >= 0.3 is 7.82 Å². The van der Waals surface area contributed by atoms with E-state index in [9.17, 15) is 106 Å². The van der Waals surface area contributed by atoms with E-state index in [2.05, 4.69) is 4.52 Å². The molecular weight excluding hydrogens is 979 g/mol. The monoisotopic (exact) mass is 1040 g/mol. The Labute approximate surface area is 388 Å². The van der Waals surface area contributed by atoms with Crippen LogP contribution < -0.4 is 0 Å². The summed E-state index contributed by atoms with van der Waals surface area (Å²) >= 11 is 0. The quantitative estimate of drug-likeness (QED) is 0.0602. The van der Waals surface area contributed by atoms with Crippen LogP contribution in [0.5, 0.6) is 0 Å². The lowest BCUT2D eigenvalue weighted by Crippen LogP contribution is -2.68. The zero-order valence-corrected chi connectivity index (χ0v) is 36.6. The minimum absolute atomic E-state index is 0.591. The average molecular weight is 1040 g/mol. The molecule has 20 N–H and O–H groups in total. The van der Waals surface area contributed by atoms with Gasteiger partial charge in [0.25, 0.3) is 0 Å². The minimum Gasteiger partial charge on any atom is -0.394 e. The van der Waals surface area contributed by atoms with Crippen molar-refractivity contribution in [2.24, 2.45) is 0 Å². The molecule has 0 saturated carbocycles. The van der Waals surface area contributed by atoms with Crippen molar-refractivity contribution in [2.75, 3.05) is 39.6 Å². The van der Waals surface area contributed by atoms with E-state index in [1.165, 1.54) is 0 Å². The van der Waals surface area contributed by atoms with E-state index in [1.807, 2.05) is 0 Å². The molecule has 33 nitrogen and oxygen atoms in total. The Balaban J connectivity index is 1.23. The van der Waals surface area contributed by atoms with Crippen molar-refractivity contribution in [3.8, 4) is 0 Å². The average Bonchev–Trinajstić information content (AvgIpc) is 3.31. The molecule has 0 unspecified atom stereocenters. The number of phosphoric acid groups is 1. The third-order valence-corrected chi connectivity index (χ3v) is 12.8. The van der Waals surface area contributed by atoms with E-state index in [1.54, 1.807) is 0 Å². The van der Waals surface area contributed by atoms with Crippen molar-refractivity contribution in [1.82, 2.24) is 0 Å². The molecule has 6 saturated heterocycles. The van der Waals surface area contributed by atoms with Crippen LogP contribution >= 0.6 is 7.82 Å². The first-order valence-corrected chi connectivity index (χ1v) is 22.8. The molecule has 0 aromatic rings. The summed E-state index contributed by atoms with van der Waals surface area (Å²) in [7, 11) is -5.31. The predicted octanol–water partition coefficient (Wildman–Crippen LogP) is -13.3. The second-order valence-corrected chi connectivity index (χ2v) is 18.2. The fraction of sp³-hybridized carbons (Fsp3) is 1.00. The third kappa shape index (κ3) is 12.6. The van der Waals surface area contributed by atoms with Crippen molar-refractivity contribution < 1.29 is 163 Å². The molecule has 0 amide bonds. The lowest BCUT2D eigenvalue weighted by Gasteiger charge is -2.50. The maximum atomic E-state index is 11.6. The number of aliphatic hydroxyl groups excluding tert-OH is 18. The molecule has 404 valence electrons. The van der Waals surface area contributed by atoms with Gasteiger partial charge in [-0.2, -0.15) is 0 Å². The second-order valence-electron chi connectivity index (χ2n) is 16.9. The van der Waals surface area contributed by atoms with E-state index in [4.69, 9.17) is 52.1 Å². The first-order chi connectivity index (χ1) is 32.5. The molecule has 0 aromatic heterocycles. The normalized spacial score (nSPS) is 51.3. The number of rotatable bonds is 17. The Morgan fingerprint density at radius 3 is 1.25 bits per heavy atom. The van der Waals surface area contributed by atoms with Crippen molar-refractivity contribution >= 4 is 7.82 Å². The van der Waals surface area contributed by atoms with Gasteiger partial charge in [0.2, 0.25) is 0 Å². The highest BCUT2D eigenvalue weighted by Crippen LogP contribution is 2.39. The molecule has 0 spiro atoms. The summed E-state index contributed by atoms with van der Waals surface area (Å²) in [5.41, 5.74) is 0. The molecule has 6 heterocycles. The Morgan fingerprint density at radius 1 is 0.377 bits per heavy atom. The highest BCUT2D eigenvalue weighted by atomic mass is 31.2. The van der Waals surface area contributed by atoms with Gasteiger partial charge in [-0.1, -0.05) is 0 Å². The summed E-state index contributed by atoms with van der Waals surface area (Å²) in [6, 6.07) is 0. The summed E-state index contributed by atoms with van der Waals surface area (Å²) in [6.07, 6.45) is -58.3. The van der Waals surface area contributed by atoms with Gasteiger partial charge in [0, 0.05) is 0 Å². The van der Waals surface area contributed by atoms with Crippen LogP contribution in [0.2, 0.25) is 0 Å². The Bertz CT molecular complexity index is 1640. The number of ether oxygens (including phenoxy) is 11. The van der Waals surface area contributed by atoms with Gasteiger partial charge in [0.15, 0.2) is 37.7 Å². The van der Waals surface area contributed by atoms with Crippen LogP contribution in [-0.4, -0.2) is 319 Å². The second kappa shape index (κ2) is 24.1. The maximum absolute atomic E-state index is 11.6. The van der Waals surface area contributed by atoms with E-state index < -0.39 is 226 Å². The zero-order chi connectivity index (χ0) is 51.0. The zero-order valence-electron chi connectivity index (χ0n) is 35.7. The SMILES string of the molecule is O=P(O)(O)OC[C@H]1O[C@@H](O[C@H]2[C@H](O)[C@H](O)[C@@H](O)O[C@@H]2CO)[C@H](O)[C@@H](O[C@@H]2O[C@H](CO)[C@H](O)[C@H](O[C@@H]3O[C@H](CO)[C@H](O)[C@H](O[C@@H]4O[C@H](CO)[C@H](O)[C@H](O)[C@H]4O[C@@H]4OC[C@@H](O)[C@@H](O)[C@@H]4O)[C@H]3O)[C@H]2O)[C@H]1O. The summed E-state index contributed by atoms with van der Waals surface area (Å²) in [4.78, 5) is 18.7. The van der Waals surface area contributed by atoms with Crippen molar-refractivity contribution in [3.05, 3.63) is 0 Å². The van der Waals surface area contributed by atoms with Gasteiger partial charge in [-0.3, -0.25) is 4.52 Å². The standard InChI is InChI=1S/C35H61O33P/c36-1-8-14(42)18(46)29(68-31-21(49)13(41)7(40)5-57-31)35(62-8)67-27-16(44)10(3-38)61-33(23(27)51)65-26-15(43)9(2-37)60-32(22(26)50)66-28-17(45)12(6-58-69(54,55)56)63-34(24(28)52)64-25-11(4-39)59-30(53)20(48)19(25)47/h7-53H,1-6H2,(H2,54,55,56)/t7-,8-,9-,10-,11-,12-,13-,14+,15+,16+,17+,18+,19-,20+,21+,22-,23-,24-,25-,26+,27+,28+,29-,30+,31+,32+,33+,34+,35+/m1/s1. The highest BCUT2D eigenvalue weighted by molar-refractivity contribution is 7.46. The molecule has 0 radical (unpaired) electrons. The van der Waals surface area contributed by atoms with Crippen LogP contribution in [0.1, 0.15) is 0 Å². The Morgan fingerprint density at radius 2 is 0.768 bits per heavy atom. The van der Waals surface area contributed by atoms with Crippen molar-refractivity contribution in [2.45, 2.75) is 178 Å². The van der Waals surface area contributed by atoms with Gasteiger partial charge in [-0.05, 0) is 0 Å².